The van der Waals surface area contributed by atoms with E-state index in [1.807, 2.05) is 0 Å². The Morgan fingerprint density at radius 1 is 1.02 bits per heavy atom. The van der Waals surface area contributed by atoms with E-state index in [0.717, 1.165) is 51.4 Å². The highest BCUT2D eigenvalue weighted by molar-refractivity contribution is 14.1. The van der Waals surface area contributed by atoms with E-state index in [0.29, 0.717) is 39.4 Å². The fraction of sp³-hybridized carbons (Fsp3) is 0.781. The van der Waals surface area contributed by atoms with E-state index in [1.165, 1.54) is 10.8 Å². The molecule has 4 saturated carbocycles. The zero-order chi connectivity index (χ0) is 31.4. The van der Waals surface area contributed by atoms with Gasteiger partial charge in [-0.2, -0.15) is 0 Å². The number of carbonyl (C=O) groups is 3. The van der Waals surface area contributed by atoms with Crippen molar-refractivity contribution >= 4 is 40.3 Å². The van der Waals surface area contributed by atoms with Crippen LogP contribution in [0.4, 0.5) is 0 Å². The van der Waals surface area contributed by atoms with Crippen LogP contribution in [-0.2, 0) is 28.6 Å². The largest absolute Gasteiger partial charge is 0.462 e. The van der Waals surface area contributed by atoms with Gasteiger partial charge in [-0.1, -0.05) is 13.8 Å². The van der Waals surface area contributed by atoms with Crippen LogP contribution in [0, 0.1) is 38.1 Å². The Hall–Kier alpha value is -2.06. The lowest BCUT2D eigenvalue weighted by Crippen LogP contribution is -2.54. The van der Waals surface area contributed by atoms with Crippen molar-refractivity contribution in [2.24, 2.45) is 34.5 Å². The van der Waals surface area contributed by atoms with Crippen LogP contribution in [0.3, 0.4) is 0 Å². The Kier molecular flexibility index (Phi) is 8.90. The summed E-state index contributed by atoms with van der Waals surface area (Å²) in [6.07, 6.45) is 7.31. The van der Waals surface area contributed by atoms with Gasteiger partial charge in [0, 0.05) is 30.9 Å². The number of nitrogens with one attached hydrogen (secondary N) is 1. The van der Waals surface area contributed by atoms with Crippen LogP contribution in [0.5, 0.6) is 0 Å². The molecular formula is C32H43IN2O9. The Labute approximate surface area is 269 Å². The molecule has 12 heteroatoms. The van der Waals surface area contributed by atoms with Crippen LogP contribution in [0.1, 0.15) is 97.1 Å². The van der Waals surface area contributed by atoms with E-state index in [9.17, 15) is 29.1 Å². The van der Waals surface area contributed by atoms with E-state index in [1.54, 1.807) is 22.6 Å². The lowest BCUT2D eigenvalue weighted by molar-refractivity contribution is -0.167. The molecule has 0 aromatic carbocycles. The van der Waals surface area contributed by atoms with Crippen molar-refractivity contribution in [3.63, 3.8) is 0 Å². The zero-order valence-electron chi connectivity index (χ0n) is 25.4. The fourth-order valence-electron chi connectivity index (χ4n) is 9.67. The fourth-order valence-corrected chi connectivity index (χ4v) is 10.1. The highest BCUT2D eigenvalue weighted by Gasteiger charge is 2.61. The number of aromatic amines is 1. The van der Waals surface area contributed by atoms with E-state index < -0.39 is 48.2 Å². The van der Waals surface area contributed by atoms with Gasteiger partial charge in [0.05, 0.1) is 23.0 Å². The summed E-state index contributed by atoms with van der Waals surface area (Å²) in [7, 11) is 0. The van der Waals surface area contributed by atoms with Crippen molar-refractivity contribution in [1.29, 1.82) is 0 Å². The predicted octanol–water partition coefficient (Wildman–Crippen LogP) is 3.64. The molecule has 0 amide bonds. The number of aromatic nitrogens is 2. The van der Waals surface area contributed by atoms with E-state index in [-0.39, 0.29) is 36.2 Å². The second-order valence-electron chi connectivity index (χ2n) is 14.2. The number of carbonyl (C=O) groups excluding carboxylic acids is 3. The Morgan fingerprint density at radius 3 is 2.50 bits per heavy atom. The van der Waals surface area contributed by atoms with Crippen molar-refractivity contribution in [2.45, 2.75) is 115 Å². The monoisotopic (exact) mass is 724 g/mol. The number of nitrogens with zero attached hydrogens (tertiary/aromatic N) is 1. The second-order valence-corrected chi connectivity index (χ2v) is 15.4. The summed E-state index contributed by atoms with van der Waals surface area (Å²) in [4.78, 5) is 64.1. The van der Waals surface area contributed by atoms with Gasteiger partial charge in [-0.3, -0.25) is 28.7 Å². The maximum atomic E-state index is 13.0. The molecular weight excluding hydrogens is 681 g/mol. The quantitative estimate of drug-likeness (QED) is 0.317. The standard InChI is InChI=1S/C32H43IN2O9/c1-31-11-9-18(37)13-17(31)3-4-19-20-5-6-25(32(20,2)12-10-21(19)31)44-28(39)8-7-27(38)43-23-14-26(42-24(23)16-36)35-15-22(33)29(40)34-30(35)41/h15,17,19-21,23-26,36H,3-14,16H2,1-2H3,(H,34,40,41)/t17-,19-,20-,21-,23-,24+,25-,26+,31-,32-/m0/s1/i33-2. The zero-order valence-corrected chi connectivity index (χ0v) is 27.6. The molecule has 2 N–H and O–H groups in total. The summed E-state index contributed by atoms with van der Waals surface area (Å²) in [5.74, 6) is 1.66. The molecule has 0 bridgehead atoms. The van der Waals surface area contributed by atoms with Gasteiger partial charge in [-0.25, -0.2) is 4.79 Å². The second kappa shape index (κ2) is 12.3. The molecule has 11 nitrogen and oxygen atoms in total. The number of ketones is 1. The van der Waals surface area contributed by atoms with E-state index in [4.69, 9.17) is 14.2 Å². The summed E-state index contributed by atoms with van der Waals surface area (Å²) in [6, 6.07) is 0. The Balaban J connectivity index is 1.01. The molecule has 4 aliphatic carbocycles. The van der Waals surface area contributed by atoms with Crippen molar-refractivity contribution < 1.29 is 33.7 Å². The SMILES string of the molecule is C[C@]12CCC(=O)C[C@@H]1CC[C@@H]1[C@@H]2CC[C@]2(C)[C@@H](OC(=O)CCC(=O)O[C@H]3C[C@H](n4cc([125I])c(=O)[nH]c4=O)O[C@@H]3CO)CC[C@@H]12. The molecule has 5 aliphatic rings. The molecule has 2 heterocycles. The summed E-state index contributed by atoms with van der Waals surface area (Å²) in [5, 5.41) is 9.78. The summed E-state index contributed by atoms with van der Waals surface area (Å²) in [6.45, 7) is 4.29. The van der Waals surface area contributed by atoms with Crippen LogP contribution in [0.2, 0.25) is 0 Å². The van der Waals surface area contributed by atoms with Gasteiger partial charge in [0.2, 0.25) is 0 Å². The third kappa shape index (κ3) is 5.72. The molecule has 1 saturated heterocycles. The number of hydrogen-bond donors (Lipinski definition) is 2. The molecule has 1 aromatic rings. The van der Waals surface area contributed by atoms with Crippen molar-refractivity contribution in [2.75, 3.05) is 6.61 Å². The lowest BCUT2D eigenvalue weighted by Gasteiger charge is -2.60. The van der Waals surface area contributed by atoms with Crippen LogP contribution in [0.25, 0.3) is 0 Å². The van der Waals surface area contributed by atoms with Gasteiger partial charge in [-0.15, -0.1) is 0 Å². The first-order valence-electron chi connectivity index (χ1n) is 16.1. The van der Waals surface area contributed by atoms with Gasteiger partial charge in [-0.05, 0) is 96.6 Å². The minimum Gasteiger partial charge on any atom is -0.462 e. The normalized spacial score (nSPS) is 39.7. The molecule has 6 rings (SSSR count). The average molecular weight is 725 g/mol. The number of aliphatic hydroxyl groups excluding tert-OH is 1. The molecule has 0 radical (unpaired) electrons. The number of Topliss-reactive ketones (excluding diaryl/α,β-unsaturated/α-hetero) is 1. The number of rotatable bonds is 7. The number of esters is 2. The van der Waals surface area contributed by atoms with Crippen LogP contribution in [-0.4, -0.2) is 57.3 Å². The number of H-pyrrole nitrogens is 1. The molecule has 5 fully saturated rings. The third-order valence-electron chi connectivity index (χ3n) is 12.1. The summed E-state index contributed by atoms with van der Waals surface area (Å²) >= 11 is 1.81. The summed E-state index contributed by atoms with van der Waals surface area (Å²) in [5.41, 5.74) is -1.00. The maximum Gasteiger partial charge on any atom is 0.330 e. The van der Waals surface area contributed by atoms with Crippen molar-refractivity contribution in [3.05, 3.63) is 30.6 Å². The van der Waals surface area contributed by atoms with E-state index >= 15 is 0 Å². The number of fused-ring (bicyclic) bond motifs is 5. The van der Waals surface area contributed by atoms with Gasteiger partial charge in [0.15, 0.2) is 0 Å². The predicted molar refractivity (Wildman–Crippen MR) is 165 cm³/mol. The first-order valence-corrected chi connectivity index (χ1v) is 17.2. The Morgan fingerprint density at radius 2 is 1.75 bits per heavy atom. The van der Waals surface area contributed by atoms with Crippen molar-refractivity contribution in [1.82, 2.24) is 9.55 Å². The van der Waals surface area contributed by atoms with Gasteiger partial charge in [0.1, 0.15) is 30.3 Å². The van der Waals surface area contributed by atoms with Crippen molar-refractivity contribution in [3.8, 4) is 0 Å². The number of hydrogen-bond acceptors (Lipinski definition) is 9. The maximum absolute atomic E-state index is 13.0. The highest BCUT2D eigenvalue weighted by atomic mass is 125. The number of halogens is 1. The smallest absolute Gasteiger partial charge is 0.330 e. The molecule has 242 valence electrons. The molecule has 1 aromatic heterocycles. The highest BCUT2D eigenvalue weighted by Crippen LogP contribution is 2.66. The van der Waals surface area contributed by atoms with Crippen LogP contribution >= 0.6 is 22.6 Å². The minimum absolute atomic E-state index is 0.0762. The molecule has 0 spiro atoms. The number of aliphatic hydroxyl groups is 1. The number of ether oxygens (including phenoxy) is 3. The lowest BCUT2D eigenvalue weighted by atomic mass is 9.45. The van der Waals surface area contributed by atoms with E-state index in [2.05, 4.69) is 18.8 Å². The third-order valence-corrected chi connectivity index (χ3v) is 12.8. The molecule has 44 heavy (non-hydrogen) atoms. The molecule has 10 atom stereocenters. The topological polar surface area (TPSA) is 154 Å². The first-order chi connectivity index (χ1) is 20.9. The summed E-state index contributed by atoms with van der Waals surface area (Å²) < 4.78 is 18.9. The van der Waals surface area contributed by atoms with Crippen LogP contribution in [0.15, 0.2) is 15.8 Å². The van der Waals surface area contributed by atoms with Gasteiger partial charge in [0.25, 0.3) is 5.56 Å². The van der Waals surface area contributed by atoms with Gasteiger partial charge < -0.3 is 19.3 Å². The van der Waals surface area contributed by atoms with Crippen LogP contribution < -0.4 is 11.2 Å². The first kappa shape index (κ1) is 31.9. The Bertz CT molecular complexity index is 1420. The van der Waals surface area contributed by atoms with Gasteiger partial charge >= 0.3 is 17.6 Å². The molecule has 0 unspecified atom stereocenters. The molecule has 1 aliphatic heterocycles. The average Bonchev–Trinajstić information content (AvgIpc) is 3.54. The minimum atomic E-state index is -0.843.